The van der Waals surface area contributed by atoms with Gasteiger partial charge in [0.1, 0.15) is 5.84 Å². The summed E-state index contributed by atoms with van der Waals surface area (Å²) in [5.41, 5.74) is 3.17. The standard InChI is InChI=1S/C26H31N4O3S2.C24H25ClN4O3S2/c1-19-5-6-21-16-23(8-7-20(21)15-19)35(32,33)30-13-11-29(12-14-30)26(31)24-17-22(18-34-24)25-27(2)9-4-10-28(25)3;1-27-8-2-7-26-23(27)19-15-22(33-16-19)24(30)28-9-11-29(12-10-28)34(31,32)21-6-4-17-13-20(25)5-3-18(17)14-21/h5-8,15-18H,4,9-14H2,1-3H3;3-6,13-16H,2,7-12H2,1H3/q+1;. The summed E-state index contributed by atoms with van der Waals surface area (Å²) >= 11 is 8.90. The van der Waals surface area contributed by atoms with Crippen molar-refractivity contribution in [3.05, 3.63) is 127 Å². The van der Waals surface area contributed by atoms with Gasteiger partial charge in [-0.05, 0) is 83.4 Å². The Morgan fingerprint density at radius 1 is 0.594 bits per heavy atom. The van der Waals surface area contributed by atoms with Crippen molar-refractivity contribution in [2.75, 3.05) is 99.7 Å². The zero-order valence-electron chi connectivity index (χ0n) is 39.2. The molecule has 2 saturated heterocycles. The van der Waals surface area contributed by atoms with Crippen LogP contribution in [0.4, 0.5) is 0 Å². The summed E-state index contributed by atoms with van der Waals surface area (Å²) in [5.74, 6) is 1.99. The predicted octanol–water partition coefficient (Wildman–Crippen LogP) is 6.86. The molecular formula is C50H56ClN8O6S4+. The number of piperazine rings is 2. The molecule has 10 rings (SSSR count). The van der Waals surface area contributed by atoms with Gasteiger partial charge in [-0.3, -0.25) is 24.1 Å². The first-order valence-corrected chi connectivity index (χ1v) is 28.1. The zero-order valence-corrected chi connectivity index (χ0v) is 43.2. The van der Waals surface area contributed by atoms with Gasteiger partial charge >= 0.3 is 0 Å². The Bertz CT molecular complexity index is 3230. The van der Waals surface area contributed by atoms with Crippen LogP contribution in [0.25, 0.3) is 21.5 Å². The minimum Gasteiger partial charge on any atom is -0.359 e. The van der Waals surface area contributed by atoms with E-state index in [1.54, 1.807) is 46.2 Å². The van der Waals surface area contributed by atoms with Crippen molar-refractivity contribution in [1.82, 2.24) is 28.2 Å². The number of benzene rings is 4. The first-order valence-electron chi connectivity index (χ1n) is 23.1. The molecular weight excluding hydrogens is 972 g/mol. The molecule has 0 atom stereocenters. The molecule has 362 valence electrons. The number of nitrogens with zero attached hydrogens (tertiary/aromatic N) is 8. The maximum Gasteiger partial charge on any atom is 0.279 e. The summed E-state index contributed by atoms with van der Waals surface area (Å²) in [4.78, 5) is 40.6. The lowest BCUT2D eigenvalue weighted by Crippen LogP contribution is -2.50. The fourth-order valence-corrected chi connectivity index (χ4v) is 14.2. The number of amides is 2. The largest absolute Gasteiger partial charge is 0.359 e. The number of carbonyl (C=O) groups is 2. The average Bonchev–Trinajstić information content (AvgIpc) is 4.05. The number of hydrogen-bond donors (Lipinski definition) is 0. The molecule has 4 aromatic carbocycles. The van der Waals surface area contributed by atoms with Crippen LogP contribution in [0.5, 0.6) is 0 Å². The molecule has 2 fully saturated rings. The highest BCUT2D eigenvalue weighted by molar-refractivity contribution is 7.89. The van der Waals surface area contributed by atoms with Crippen molar-refractivity contribution in [3.8, 4) is 0 Å². The van der Waals surface area contributed by atoms with Crippen LogP contribution in [0, 0.1) is 6.92 Å². The Hall–Kier alpha value is -5.21. The number of aliphatic imine (C=N–C) groups is 1. The number of sulfonamides is 2. The highest BCUT2D eigenvalue weighted by Crippen LogP contribution is 2.28. The van der Waals surface area contributed by atoms with Crippen molar-refractivity contribution in [3.63, 3.8) is 0 Å². The molecule has 14 nitrogen and oxygen atoms in total. The lowest BCUT2D eigenvalue weighted by molar-refractivity contribution is -0.507. The fraction of sp³-hybridized carbons (Fsp3) is 0.360. The Kier molecular flexibility index (Phi) is 14.3. The van der Waals surface area contributed by atoms with Crippen LogP contribution in [0.15, 0.2) is 110 Å². The van der Waals surface area contributed by atoms with Crippen molar-refractivity contribution in [1.29, 1.82) is 0 Å². The number of rotatable bonds is 8. The second kappa shape index (κ2) is 20.3. The molecule has 0 N–H and O–H groups in total. The Labute approximate surface area is 417 Å². The van der Waals surface area contributed by atoms with Crippen LogP contribution in [0.1, 0.15) is 48.9 Å². The maximum absolute atomic E-state index is 13.3. The third kappa shape index (κ3) is 10.3. The van der Waals surface area contributed by atoms with Gasteiger partial charge in [0.25, 0.3) is 17.6 Å². The highest BCUT2D eigenvalue weighted by atomic mass is 35.5. The summed E-state index contributed by atoms with van der Waals surface area (Å²) < 4.78 is 58.2. The molecule has 0 saturated carbocycles. The first kappa shape index (κ1) is 48.8. The summed E-state index contributed by atoms with van der Waals surface area (Å²) in [6.07, 6.45) is 2.16. The van der Waals surface area contributed by atoms with Gasteiger partial charge < -0.3 is 14.7 Å². The van der Waals surface area contributed by atoms with E-state index in [0.29, 0.717) is 58.9 Å². The molecule has 69 heavy (non-hydrogen) atoms. The monoisotopic (exact) mass is 1030 g/mol. The molecule has 2 aromatic heterocycles. The number of carbonyl (C=O) groups excluding carboxylic acids is 2. The molecule has 0 bridgehead atoms. The van der Waals surface area contributed by atoms with E-state index in [9.17, 15) is 26.4 Å². The molecule has 2 amide bonds. The minimum atomic E-state index is -3.65. The van der Waals surface area contributed by atoms with Crippen molar-refractivity contribution >= 4 is 99.4 Å². The summed E-state index contributed by atoms with van der Waals surface area (Å²) in [5, 5.41) is 8.28. The normalized spacial score (nSPS) is 17.8. The van der Waals surface area contributed by atoms with Crippen LogP contribution < -0.4 is 0 Å². The van der Waals surface area contributed by atoms with Crippen LogP contribution in [0.2, 0.25) is 5.02 Å². The number of amidine groups is 2. The van der Waals surface area contributed by atoms with E-state index >= 15 is 0 Å². The van der Waals surface area contributed by atoms with Crippen molar-refractivity contribution in [2.45, 2.75) is 29.6 Å². The van der Waals surface area contributed by atoms with Gasteiger partial charge in [0, 0.05) is 100 Å². The number of aryl methyl sites for hydroxylation is 1. The van der Waals surface area contributed by atoms with Gasteiger partial charge in [-0.15, -0.1) is 22.7 Å². The maximum atomic E-state index is 13.3. The molecule has 4 aliphatic rings. The smallest absolute Gasteiger partial charge is 0.279 e. The third-order valence-electron chi connectivity index (χ3n) is 13.2. The van der Waals surface area contributed by atoms with Crippen LogP contribution in [0.3, 0.4) is 0 Å². The second-order valence-corrected chi connectivity index (χ2v) is 24.1. The van der Waals surface area contributed by atoms with Crippen LogP contribution in [-0.2, 0) is 20.0 Å². The molecule has 0 unspecified atom stereocenters. The number of hydrogen-bond acceptors (Lipinski definition) is 11. The van der Waals surface area contributed by atoms with E-state index < -0.39 is 20.0 Å². The summed E-state index contributed by atoms with van der Waals surface area (Å²) in [6.45, 7) is 8.39. The van der Waals surface area contributed by atoms with Gasteiger partial charge in [0.05, 0.1) is 52.3 Å². The Morgan fingerprint density at radius 2 is 1.09 bits per heavy atom. The van der Waals surface area contributed by atoms with Gasteiger partial charge in [-0.25, -0.2) is 16.8 Å². The second-order valence-electron chi connectivity index (χ2n) is 18.0. The first-order chi connectivity index (χ1) is 33.1. The summed E-state index contributed by atoms with van der Waals surface area (Å²) in [7, 11) is -1.08. The molecule has 0 radical (unpaired) electrons. The molecule has 6 heterocycles. The van der Waals surface area contributed by atoms with E-state index in [0.717, 1.165) is 88.9 Å². The van der Waals surface area contributed by atoms with E-state index in [-0.39, 0.29) is 29.8 Å². The van der Waals surface area contributed by atoms with Crippen molar-refractivity contribution in [2.24, 2.45) is 4.99 Å². The third-order valence-corrected chi connectivity index (χ3v) is 19.1. The van der Waals surface area contributed by atoms with Gasteiger partial charge in [0.2, 0.25) is 20.0 Å². The molecule has 4 aliphatic heterocycles. The van der Waals surface area contributed by atoms with Gasteiger partial charge in [0.15, 0.2) is 0 Å². The fourth-order valence-electron chi connectivity index (χ4n) is 9.38. The molecule has 19 heteroatoms. The Balaban J connectivity index is 0.000000172. The van der Waals surface area contributed by atoms with Gasteiger partial charge in [-0.2, -0.15) is 8.61 Å². The molecule has 0 spiro atoms. The molecule has 0 aliphatic carbocycles. The van der Waals surface area contributed by atoms with E-state index in [2.05, 4.69) is 39.5 Å². The predicted molar refractivity (Wildman–Crippen MR) is 277 cm³/mol. The highest BCUT2D eigenvalue weighted by Gasteiger charge is 2.34. The average molecular weight is 1030 g/mol. The van der Waals surface area contributed by atoms with E-state index in [4.69, 9.17) is 11.6 Å². The van der Waals surface area contributed by atoms with Crippen LogP contribution >= 0.6 is 34.3 Å². The minimum absolute atomic E-state index is 0.0268. The quantitative estimate of drug-likeness (QED) is 0.151. The zero-order chi connectivity index (χ0) is 48.6. The number of fused-ring (bicyclic) bond motifs is 2. The Morgan fingerprint density at radius 3 is 1.65 bits per heavy atom. The van der Waals surface area contributed by atoms with Gasteiger partial charge in [-0.1, -0.05) is 53.6 Å². The number of thiophene rings is 2. The van der Waals surface area contributed by atoms with E-state index in [1.165, 1.54) is 31.3 Å². The SMILES string of the molecule is CN1CCCN=C1c1csc(C(=O)N2CCN(S(=O)(=O)c3ccc4cc(Cl)ccc4c3)CC2)c1.Cc1ccc2cc(S(=O)(=O)N3CCN(C(=O)c4cc(C5=[N+](C)CCCN5C)cs4)CC3)ccc2c1. The summed E-state index contributed by atoms with van der Waals surface area (Å²) in [6, 6.07) is 25.6. The topological polar surface area (TPSA) is 137 Å². The van der Waals surface area contributed by atoms with E-state index in [1.807, 2.05) is 67.2 Å². The van der Waals surface area contributed by atoms with Crippen molar-refractivity contribution < 1.29 is 31.0 Å². The lowest BCUT2D eigenvalue weighted by Gasteiger charge is -2.33. The number of halogens is 1. The lowest BCUT2D eigenvalue weighted by atomic mass is 10.1. The molecule has 6 aromatic rings. The van der Waals surface area contributed by atoms with Crippen LogP contribution in [-0.4, -0.2) is 173 Å².